The number of rotatable bonds is 6. The summed E-state index contributed by atoms with van der Waals surface area (Å²) in [6.07, 6.45) is 0. The zero-order valence-electron chi connectivity index (χ0n) is 16.0. The summed E-state index contributed by atoms with van der Waals surface area (Å²) in [5.41, 5.74) is -2.54. The number of hydrogen-bond acceptors (Lipinski definition) is 4. The monoisotopic (exact) mass is 462 g/mol. The Morgan fingerprint density at radius 3 is 2.35 bits per heavy atom. The van der Waals surface area contributed by atoms with Gasteiger partial charge in [-0.15, -0.1) is 0 Å². The quantitative estimate of drug-likeness (QED) is 0.347. The summed E-state index contributed by atoms with van der Waals surface area (Å²) in [5, 5.41) is 5.45. The van der Waals surface area contributed by atoms with Crippen molar-refractivity contribution in [3.8, 4) is 5.75 Å². The van der Waals surface area contributed by atoms with Crippen molar-refractivity contribution in [1.29, 1.82) is 0 Å². The third-order valence-corrected chi connectivity index (χ3v) is 4.86. The molecule has 0 fully saturated rings. The lowest BCUT2D eigenvalue weighted by Crippen LogP contribution is -2.34. The number of benzene rings is 3. The minimum Gasteiger partial charge on any atom is -0.489 e. The first-order valence-electron chi connectivity index (χ1n) is 9.03. The highest BCUT2D eigenvalue weighted by atomic mass is 32.2. The smallest absolute Gasteiger partial charge is 0.446 e. The van der Waals surface area contributed by atoms with Crippen molar-refractivity contribution in [1.82, 2.24) is 5.32 Å². The Bertz CT molecular complexity index is 1040. The van der Waals surface area contributed by atoms with Gasteiger partial charge in [0.05, 0.1) is 0 Å². The molecule has 0 atom stereocenters. The molecule has 0 heterocycles. The van der Waals surface area contributed by atoms with E-state index in [9.17, 15) is 18.0 Å². The zero-order chi connectivity index (χ0) is 22.3. The number of nitrogens with one attached hydrogen (secondary N) is 2. The van der Waals surface area contributed by atoms with Gasteiger partial charge >= 0.3 is 5.51 Å². The molecule has 0 unspecified atom stereocenters. The number of carbonyl (C=O) groups is 1. The van der Waals surface area contributed by atoms with Gasteiger partial charge in [0.1, 0.15) is 12.4 Å². The standard InChI is InChI=1S/C22H17F3N2O2S2/c23-22(24,25)31-19-11-9-16(10-12-19)20(28)27-21(30)26-17-7-4-8-18(13-17)29-14-15-5-2-1-3-6-15/h1-13H,14H2,(H2,26,27,28,30). The fourth-order valence-corrected chi connectivity index (χ4v) is 3.30. The van der Waals surface area contributed by atoms with Crippen LogP contribution in [0.2, 0.25) is 0 Å². The van der Waals surface area contributed by atoms with Crippen LogP contribution in [-0.4, -0.2) is 16.5 Å². The van der Waals surface area contributed by atoms with E-state index < -0.39 is 11.4 Å². The molecule has 3 aromatic carbocycles. The average molecular weight is 463 g/mol. The molecule has 0 aliphatic rings. The van der Waals surface area contributed by atoms with Gasteiger partial charge < -0.3 is 10.1 Å². The van der Waals surface area contributed by atoms with Crippen LogP contribution in [0, 0.1) is 0 Å². The van der Waals surface area contributed by atoms with Crippen LogP contribution >= 0.6 is 24.0 Å². The molecule has 1 amide bonds. The first kappa shape index (κ1) is 22.6. The predicted octanol–water partition coefficient (Wildman–Crippen LogP) is 6.00. The van der Waals surface area contributed by atoms with E-state index in [-0.39, 0.29) is 27.3 Å². The Hall–Kier alpha value is -3.04. The number of thioether (sulfide) groups is 1. The highest BCUT2D eigenvalue weighted by Gasteiger charge is 2.29. The maximum Gasteiger partial charge on any atom is 0.446 e. The molecule has 2 N–H and O–H groups in total. The van der Waals surface area contributed by atoms with Gasteiger partial charge in [-0.25, -0.2) is 0 Å². The fraction of sp³-hybridized carbons (Fsp3) is 0.0909. The molecule has 0 aliphatic carbocycles. The predicted molar refractivity (Wildman–Crippen MR) is 119 cm³/mol. The van der Waals surface area contributed by atoms with E-state index in [1.54, 1.807) is 24.3 Å². The van der Waals surface area contributed by atoms with Crippen molar-refractivity contribution in [3.63, 3.8) is 0 Å². The van der Waals surface area contributed by atoms with Gasteiger partial charge in [0.2, 0.25) is 0 Å². The molecule has 0 aromatic heterocycles. The van der Waals surface area contributed by atoms with Crippen LogP contribution in [0.5, 0.6) is 5.75 Å². The summed E-state index contributed by atoms with van der Waals surface area (Å²) >= 11 is 4.92. The van der Waals surface area contributed by atoms with E-state index in [0.29, 0.717) is 18.0 Å². The Kier molecular flexibility index (Phi) is 7.54. The minimum atomic E-state index is -4.38. The van der Waals surface area contributed by atoms with Gasteiger partial charge in [-0.3, -0.25) is 10.1 Å². The lowest BCUT2D eigenvalue weighted by molar-refractivity contribution is -0.0328. The van der Waals surface area contributed by atoms with Crippen LogP contribution in [0.15, 0.2) is 83.8 Å². The molecule has 160 valence electrons. The highest BCUT2D eigenvalue weighted by Crippen LogP contribution is 2.36. The second kappa shape index (κ2) is 10.3. The Morgan fingerprint density at radius 1 is 0.968 bits per heavy atom. The third kappa shape index (κ3) is 7.62. The van der Waals surface area contributed by atoms with Crippen LogP contribution in [0.4, 0.5) is 18.9 Å². The van der Waals surface area contributed by atoms with Crippen LogP contribution in [-0.2, 0) is 6.61 Å². The third-order valence-electron chi connectivity index (χ3n) is 3.92. The number of anilines is 1. The minimum absolute atomic E-state index is 0.00271. The summed E-state index contributed by atoms with van der Waals surface area (Å²) in [4.78, 5) is 12.3. The Labute approximate surface area is 186 Å². The summed E-state index contributed by atoms with van der Waals surface area (Å²) in [7, 11) is 0. The largest absolute Gasteiger partial charge is 0.489 e. The molecule has 9 heteroatoms. The van der Waals surface area contributed by atoms with Gasteiger partial charge in [-0.2, -0.15) is 13.2 Å². The van der Waals surface area contributed by atoms with Crippen molar-refractivity contribution >= 4 is 40.7 Å². The molecule has 0 bridgehead atoms. The van der Waals surface area contributed by atoms with Crippen LogP contribution in [0.25, 0.3) is 0 Å². The van der Waals surface area contributed by atoms with Gasteiger partial charge in [0, 0.05) is 22.2 Å². The van der Waals surface area contributed by atoms with Gasteiger partial charge in [0.15, 0.2) is 5.11 Å². The molecule has 0 spiro atoms. The second-order valence-electron chi connectivity index (χ2n) is 6.28. The maximum atomic E-state index is 12.4. The molecule has 31 heavy (non-hydrogen) atoms. The molecular weight excluding hydrogens is 445 g/mol. The molecular formula is C22H17F3N2O2S2. The van der Waals surface area contributed by atoms with E-state index in [1.165, 1.54) is 24.3 Å². The Morgan fingerprint density at radius 2 is 1.68 bits per heavy atom. The zero-order valence-corrected chi connectivity index (χ0v) is 17.6. The number of thiocarbonyl (C=S) groups is 1. The van der Waals surface area contributed by atoms with E-state index in [0.717, 1.165) is 5.56 Å². The number of carbonyl (C=O) groups excluding carboxylic acids is 1. The second-order valence-corrected chi connectivity index (χ2v) is 7.83. The van der Waals surface area contributed by atoms with Crippen molar-refractivity contribution in [2.45, 2.75) is 17.0 Å². The Balaban J connectivity index is 1.53. The molecule has 0 saturated carbocycles. The normalized spacial score (nSPS) is 10.9. The van der Waals surface area contributed by atoms with Crippen molar-refractivity contribution in [2.24, 2.45) is 0 Å². The summed E-state index contributed by atoms with van der Waals surface area (Å²) < 4.78 is 42.9. The molecule has 0 aliphatic heterocycles. The van der Waals surface area contributed by atoms with Crippen LogP contribution < -0.4 is 15.4 Å². The number of ether oxygens (including phenoxy) is 1. The first-order chi connectivity index (χ1) is 14.8. The molecule has 3 rings (SSSR count). The van der Waals surface area contributed by atoms with E-state index in [4.69, 9.17) is 17.0 Å². The topological polar surface area (TPSA) is 50.4 Å². The highest BCUT2D eigenvalue weighted by molar-refractivity contribution is 8.00. The van der Waals surface area contributed by atoms with E-state index in [2.05, 4.69) is 10.6 Å². The van der Waals surface area contributed by atoms with Crippen LogP contribution in [0.1, 0.15) is 15.9 Å². The summed E-state index contributed by atoms with van der Waals surface area (Å²) in [5.74, 6) is 0.0956. The van der Waals surface area contributed by atoms with E-state index in [1.807, 2.05) is 30.3 Å². The van der Waals surface area contributed by atoms with Gasteiger partial charge in [-0.05, 0) is 65.9 Å². The molecule has 0 saturated heterocycles. The molecule has 3 aromatic rings. The molecule has 0 radical (unpaired) electrons. The van der Waals surface area contributed by atoms with Gasteiger partial charge in [-0.1, -0.05) is 36.4 Å². The maximum absolute atomic E-state index is 12.4. The number of halogens is 3. The fourth-order valence-electron chi connectivity index (χ4n) is 2.55. The number of amides is 1. The molecule has 4 nitrogen and oxygen atoms in total. The van der Waals surface area contributed by atoms with Crippen molar-refractivity contribution < 1.29 is 22.7 Å². The van der Waals surface area contributed by atoms with E-state index >= 15 is 0 Å². The van der Waals surface area contributed by atoms with Crippen molar-refractivity contribution in [2.75, 3.05) is 5.32 Å². The van der Waals surface area contributed by atoms with Crippen molar-refractivity contribution in [3.05, 3.63) is 90.0 Å². The number of alkyl halides is 3. The number of hydrogen-bond donors (Lipinski definition) is 2. The first-order valence-corrected chi connectivity index (χ1v) is 10.3. The van der Waals surface area contributed by atoms with Crippen LogP contribution in [0.3, 0.4) is 0 Å². The average Bonchev–Trinajstić information content (AvgIpc) is 2.72. The lowest BCUT2D eigenvalue weighted by atomic mass is 10.2. The lowest BCUT2D eigenvalue weighted by Gasteiger charge is -2.12. The van der Waals surface area contributed by atoms with Gasteiger partial charge in [0.25, 0.3) is 5.91 Å². The summed E-state index contributed by atoms with van der Waals surface area (Å²) in [6, 6.07) is 21.9. The SMILES string of the molecule is O=C(NC(=S)Nc1cccc(OCc2ccccc2)c1)c1ccc(SC(F)(F)F)cc1. The summed E-state index contributed by atoms with van der Waals surface area (Å²) in [6.45, 7) is 0.411.